The van der Waals surface area contributed by atoms with Crippen molar-refractivity contribution in [1.29, 1.82) is 0 Å². The number of morpholine rings is 1. The lowest BCUT2D eigenvalue weighted by Crippen LogP contribution is -2.50. The Morgan fingerprint density at radius 2 is 2.24 bits per heavy atom. The zero-order valence-electron chi connectivity index (χ0n) is 14.1. The van der Waals surface area contributed by atoms with Gasteiger partial charge < -0.3 is 14.3 Å². The molecule has 25 heavy (non-hydrogen) atoms. The van der Waals surface area contributed by atoms with Crippen LogP contribution in [0.1, 0.15) is 25.2 Å². The Bertz CT molecular complexity index is 720. The van der Waals surface area contributed by atoms with Crippen LogP contribution in [-0.4, -0.2) is 46.9 Å². The quantitative estimate of drug-likeness (QED) is 0.922. The highest BCUT2D eigenvalue weighted by Gasteiger charge is 2.37. The summed E-state index contributed by atoms with van der Waals surface area (Å²) in [4.78, 5) is 6.66. The van der Waals surface area contributed by atoms with Gasteiger partial charge in [-0.05, 0) is 25.0 Å². The molecule has 1 aromatic carbocycles. The second-order valence-electron chi connectivity index (χ2n) is 6.90. The average molecular weight is 346 g/mol. The molecule has 1 saturated carbocycles. The lowest BCUT2D eigenvalue weighted by Gasteiger charge is -2.39. The lowest BCUT2D eigenvalue weighted by atomic mass is 9.94. The van der Waals surface area contributed by atoms with Crippen LogP contribution in [0.4, 0.5) is 4.39 Å². The van der Waals surface area contributed by atoms with E-state index < -0.39 is 0 Å². The van der Waals surface area contributed by atoms with E-state index in [4.69, 9.17) is 9.15 Å². The van der Waals surface area contributed by atoms with Crippen molar-refractivity contribution in [2.75, 3.05) is 19.8 Å². The largest absolute Gasteiger partial charge is 0.439 e. The third kappa shape index (κ3) is 3.61. The fraction of sp³-hybridized carbons (Fsp3) is 0.526. The summed E-state index contributed by atoms with van der Waals surface area (Å²) in [5.74, 6) is 1.13. The molecular formula is C19H23FN2O3. The number of nitrogens with zero attached hydrogens (tertiary/aromatic N) is 2. The number of hydrogen-bond acceptors (Lipinski definition) is 5. The molecule has 0 unspecified atom stereocenters. The van der Waals surface area contributed by atoms with Crippen LogP contribution in [0.25, 0.3) is 11.3 Å². The molecule has 2 aliphatic rings. The molecule has 0 bridgehead atoms. The maximum atomic E-state index is 13.4. The van der Waals surface area contributed by atoms with E-state index in [2.05, 4.69) is 9.88 Å². The van der Waals surface area contributed by atoms with Crippen LogP contribution in [0.2, 0.25) is 0 Å². The van der Waals surface area contributed by atoms with Crippen LogP contribution < -0.4 is 0 Å². The molecule has 3 atom stereocenters. The van der Waals surface area contributed by atoms with E-state index in [1.165, 1.54) is 12.1 Å². The summed E-state index contributed by atoms with van der Waals surface area (Å²) < 4.78 is 24.9. The van der Waals surface area contributed by atoms with Crippen LogP contribution in [0.3, 0.4) is 0 Å². The normalized spacial score (nSPS) is 27.7. The molecule has 6 heteroatoms. The first-order valence-electron chi connectivity index (χ1n) is 8.91. The highest BCUT2D eigenvalue weighted by atomic mass is 19.1. The van der Waals surface area contributed by atoms with Crippen LogP contribution >= 0.6 is 0 Å². The molecule has 0 amide bonds. The van der Waals surface area contributed by atoms with Crippen molar-refractivity contribution < 1.29 is 18.7 Å². The van der Waals surface area contributed by atoms with Gasteiger partial charge in [-0.15, -0.1) is 0 Å². The highest BCUT2D eigenvalue weighted by Crippen LogP contribution is 2.33. The minimum absolute atomic E-state index is 0.191. The minimum atomic E-state index is -0.293. The Morgan fingerprint density at radius 3 is 3.04 bits per heavy atom. The number of benzene rings is 1. The van der Waals surface area contributed by atoms with Gasteiger partial charge in [0.2, 0.25) is 5.89 Å². The van der Waals surface area contributed by atoms with Crippen molar-refractivity contribution in [1.82, 2.24) is 9.88 Å². The monoisotopic (exact) mass is 346 g/mol. The average Bonchev–Trinajstić information content (AvgIpc) is 3.25. The second-order valence-corrected chi connectivity index (χ2v) is 6.90. The maximum Gasteiger partial charge on any atom is 0.209 e. The summed E-state index contributed by atoms with van der Waals surface area (Å²) in [5, 5.41) is 10.2. The fourth-order valence-electron chi connectivity index (χ4n) is 4.00. The molecule has 0 spiro atoms. The van der Waals surface area contributed by atoms with E-state index in [0.29, 0.717) is 37.0 Å². The number of aliphatic hydroxyl groups excluding tert-OH is 1. The van der Waals surface area contributed by atoms with Crippen molar-refractivity contribution in [3.05, 3.63) is 42.2 Å². The van der Waals surface area contributed by atoms with Gasteiger partial charge in [0.25, 0.3) is 0 Å². The second kappa shape index (κ2) is 7.23. The topological polar surface area (TPSA) is 58.7 Å². The number of aromatic nitrogens is 1. The predicted octanol–water partition coefficient (Wildman–Crippen LogP) is 2.84. The number of halogens is 1. The van der Waals surface area contributed by atoms with Crippen LogP contribution in [-0.2, 0) is 11.3 Å². The molecule has 134 valence electrons. The summed E-state index contributed by atoms with van der Waals surface area (Å²) >= 11 is 0. The molecule has 1 aliphatic carbocycles. The SMILES string of the molecule is O[C@@H]1CCC[C@H]1[C@@H]1COCCN1Cc1ncc(-c2cccc(F)c2)o1. The van der Waals surface area contributed by atoms with Gasteiger partial charge in [0.15, 0.2) is 5.76 Å². The fourth-order valence-corrected chi connectivity index (χ4v) is 4.00. The zero-order valence-corrected chi connectivity index (χ0v) is 14.1. The molecule has 2 fully saturated rings. The Balaban J connectivity index is 1.49. The van der Waals surface area contributed by atoms with Gasteiger partial charge in [-0.3, -0.25) is 4.90 Å². The molecule has 5 nitrogen and oxygen atoms in total. The number of ether oxygens (including phenoxy) is 1. The smallest absolute Gasteiger partial charge is 0.209 e. The number of hydrogen-bond donors (Lipinski definition) is 1. The molecule has 2 heterocycles. The summed E-state index contributed by atoms with van der Waals surface area (Å²) in [6.45, 7) is 2.69. The molecular weight excluding hydrogens is 323 g/mol. The first-order valence-corrected chi connectivity index (χ1v) is 8.91. The third-order valence-corrected chi connectivity index (χ3v) is 5.31. The standard InChI is InChI=1S/C19H23FN2O3/c20-14-4-1-3-13(9-14)18-10-21-19(25-18)11-22-7-8-24-12-16(22)15-5-2-6-17(15)23/h1,3-4,9-10,15-17,23H,2,5-8,11-12H2/t15-,16-,17+/m0/s1. The van der Waals surface area contributed by atoms with Crippen molar-refractivity contribution in [3.63, 3.8) is 0 Å². The van der Waals surface area contributed by atoms with Gasteiger partial charge >= 0.3 is 0 Å². The van der Waals surface area contributed by atoms with Gasteiger partial charge in [-0.1, -0.05) is 18.6 Å². The molecule has 1 aromatic heterocycles. The van der Waals surface area contributed by atoms with Crippen molar-refractivity contribution in [3.8, 4) is 11.3 Å². The van der Waals surface area contributed by atoms with Crippen molar-refractivity contribution in [2.45, 2.75) is 38.0 Å². The van der Waals surface area contributed by atoms with Gasteiger partial charge in [0.05, 0.1) is 32.1 Å². The van der Waals surface area contributed by atoms with E-state index in [0.717, 1.165) is 25.8 Å². The highest BCUT2D eigenvalue weighted by molar-refractivity contribution is 5.56. The Hall–Kier alpha value is -1.76. The van der Waals surface area contributed by atoms with E-state index in [9.17, 15) is 9.50 Å². The minimum Gasteiger partial charge on any atom is -0.439 e. The molecule has 2 aromatic rings. The number of aliphatic hydroxyl groups is 1. The third-order valence-electron chi connectivity index (χ3n) is 5.31. The Labute approximate surface area is 146 Å². The van der Waals surface area contributed by atoms with E-state index in [1.807, 2.05) is 0 Å². The van der Waals surface area contributed by atoms with Gasteiger partial charge in [0.1, 0.15) is 5.82 Å². The molecule has 0 radical (unpaired) electrons. The molecule has 1 aliphatic heterocycles. The first kappa shape index (κ1) is 16.7. The van der Waals surface area contributed by atoms with Crippen LogP contribution in [0.5, 0.6) is 0 Å². The van der Waals surface area contributed by atoms with Gasteiger partial charge in [-0.2, -0.15) is 0 Å². The van der Waals surface area contributed by atoms with Gasteiger partial charge in [0, 0.05) is 24.1 Å². The molecule has 1 N–H and O–H groups in total. The predicted molar refractivity (Wildman–Crippen MR) is 90.3 cm³/mol. The number of rotatable bonds is 4. The maximum absolute atomic E-state index is 13.4. The van der Waals surface area contributed by atoms with E-state index >= 15 is 0 Å². The zero-order chi connectivity index (χ0) is 17.2. The van der Waals surface area contributed by atoms with Crippen LogP contribution in [0.15, 0.2) is 34.9 Å². The molecule has 1 saturated heterocycles. The Morgan fingerprint density at radius 1 is 1.32 bits per heavy atom. The van der Waals surface area contributed by atoms with Crippen molar-refractivity contribution >= 4 is 0 Å². The van der Waals surface area contributed by atoms with E-state index in [1.54, 1.807) is 18.3 Å². The Kier molecular flexibility index (Phi) is 4.83. The van der Waals surface area contributed by atoms with Crippen LogP contribution in [0, 0.1) is 11.7 Å². The summed E-state index contributed by atoms with van der Waals surface area (Å²) in [5.41, 5.74) is 0.684. The van der Waals surface area contributed by atoms with E-state index in [-0.39, 0.29) is 23.9 Å². The van der Waals surface area contributed by atoms with Gasteiger partial charge in [-0.25, -0.2) is 9.37 Å². The lowest BCUT2D eigenvalue weighted by molar-refractivity contribution is -0.0562. The van der Waals surface area contributed by atoms with Crippen molar-refractivity contribution in [2.24, 2.45) is 5.92 Å². The summed E-state index contributed by atoms with van der Waals surface area (Å²) in [6, 6.07) is 6.50. The summed E-state index contributed by atoms with van der Waals surface area (Å²) in [6.07, 6.45) is 4.37. The summed E-state index contributed by atoms with van der Waals surface area (Å²) in [7, 11) is 0. The number of oxazole rings is 1. The molecule has 4 rings (SSSR count). The first-order chi connectivity index (χ1) is 12.2.